The molecule has 4 N–H and O–H groups in total. The second kappa shape index (κ2) is 6.07. The Labute approximate surface area is 92.1 Å². The Hall–Kier alpha value is -0.620. The van der Waals surface area contributed by atoms with Gasteiger partial charge < -0.3 is 15.9 Å². The van der Waals surface area contributed by atoms with Crippen LogP contribution in [-0.2, 0) is 6.54 Å². The fourth-order valence-electron chi connectivity index (χ4n) is 1.07. The van der Waals surface area contributed by atoms with Gasteiger partial charge in [-0.2, -0.15) is 0 Å². The Morgan fingerprint density at radius 2 is 2.13 bits per heavy atom. The van der Waals surface area contributed by atoms with Crippen LogP contribution in [0.15, 0.2) is 23.1 Å². The lowest BCUT2D eigenvalue weighted by Gasteiger charge is -2.07. The van der Waals surface area contributed by atoms with Crippen molar-refractivity contribution in [3.63, 3.8) is 0 Å². The third kappa shape index (κ3) is 4.17. The van der Waals surface area contributed by atoms with Crippen LogP contribution < -0.4 is 5.73 Å². The van der Waals surface area contributed by atoms with Crippen molar-refractivity contribution in [2.24, 2.45) is 5.73 Å². The molecule has 84 valence electrons. The third-order valence-electron chi connectivity index (χ3n) is 1.82. The minimum Gasteiger partial charge on any atom is -0.394 e. The number of hydrogen-bond acceptors (Lipinski definition) is 4. The van der Waals surface area contributed by atoms with E-state index in [2.05, 4.69) is 0 Å². The normalized spacial score (nSPS) is 12.8. The van der Waals surface area contributed by atoms with E-state index in [1.807, 2.05) is 0 Å². The maximum absolute atomic E-state index is 13.0. The van der Waals surface area contributed by atoms with Crippen molar-refractivity contribution < 1.29 is 14.6 Å². The molecule has 0 aliphatic rings. The molecule has 1 atom stereocenters. The Morgan fingerprint density at radius 1 is 1.40 bits per heavy atom. The van der Waals surface area contributed by atoms with Gasteiger partial charge in [0.05, 0.1) is 12.7 Å². The van der Waals surface area contributed by atoms with E-state index in [-0.39, 0.29) is 19.0 Å². The van der Waals surface area contributed by atoms with E-state index in [1.165, 1.54) is 23.9 Å². The Bertz CT molecular complexity index is 322. The molecule has 0 saturated heterocycles. The number of nitrogens with two attached hydrogens (primary N) is 1. The first-order valence-corrected chi connectivity index (χ1v) is 5.55. The summed E-state index contributed by atoms with van der Waals surface area (Å²) in [4.78, 5) is 0.711. The largest absolute Gasteiger partial charge is 0.394 e. The van der Waals surface area contributed by atoms with E-state index in [1.54, 1.807) is 6.07 Å². The highest BCUT2D eigenvalue weighted by molar-refractivity contribution is 7.99. The van der Waals surface area contributed by atoms with Crippen LogP contribution in [0.25, 0.3) is 0 Å². The van der Waals surface area contributed by atoms with Crippen LogP contribution in [0, 0.1) is 5.82 Å². The maximum atomic E-state index is 13.0. The predicted molar refractivity (Wildman–Crippen MR) is 58.1 cm³/mol. The SMILES string of the molecule is NCc1cc(F)cc(SCC(O)CO)c1. The van der Waals surface area contributed by atoms with E-state index < -0.39 is 6.10 Å². The molecular weight excluding hydrogens is 217 g/mol. The van der Waals surface area contributed by atoms with E-state index in [0.29, 0.717) is 10.6 Å². The molecule has 0 aliphatic heterocycles. The van der Waals surface area contributed by atoms with Crippen molar-refractivity contribution in [3.05, 3.63) is 29.6 Å². The van der Waals surface area contributed by atoms with Crippen molar-refractivity contribution in [1.82, 2.24) is 0 Å². The summed E-state index contributed by atoms with van der Waals surface area (Å²) in [7, 11) is 0. The summed E-state index contributed by atoms with van der Waals surface area (Å²) < 4.78 is 13.0. The lowest BCUT2D eigenvalue weighted by atomic mass is 10.2. The summed E-state index contributed by atoms with van der Waals surface area (Å²) in [6.45, 7) is -0.0000642. The summed E-state index contributed by atoms with van der Waals surface area (Å²) in [6, 6.07) is 4.54. The van der Waals surface area contributed by atoms with Crippen molar-refractivity contribution in [2.75, 3.05) is 12.4 Å². The Kier molecular flexibility index (Phi) is 5.04. The molecule has 0 bridgehead atoms. The van der Waals surface area contributed by atoms with Gasteiger partial charge >= 0.3 is 0 Å². The van der Waals surface area contributed by atoms with Crippen molar-refractivity contribution in [2.45, 2.75) is 17.5 Å². The first kappa shape index (κ1) is 12.4. The fourth-order valence-corrected chi connectivity index (χ4v) is 1.99. The molecule has 5 heteroatoms. The summed E-state index contributed by atoms with van der Waals surface area (Å²) in [5.74, 6) is 0.00295. The van der Waals surface area contributed by atoms with Crippen LogP contribution in [0.4, 0.5) is 4.39 Å². The Balaban J connectivity index is 2.64. The van der Waals surface area contributed by atoms with Crippen molar-refractivity contribution in [3.8, 4) is 0 Å². The molecule has 15 heavy (non-hydrogen) atoms. The quantitative estimate of drug-likeness (QED) is 0.654. The minimum atomic E-state index is -0.778. The molecule has 0 aromatic heterocycles. The molecule has 1 rings (SSSR count). The number of benzene rings is 1. The first-order valence-electron chi connectivity index (χ1n) is 4.57. The summed E-state index contributed by atoms with van der Waals surface area (Å²) in [6.07, 6.45) is -0.778. The fraction of sp³-hybridized carbons (Fsp3) is 0.400. The maximum Gasteiger partial charge on any atom is 0.124 e. The lowest BCUT2D eigenvalue weighted by molar-refractivity contribution is 0.113. The number of aliphatic hydroxyl groups excluding tert-OH is 2. The third-order valence-corrected chi connectivity index (χ3v) is 2.94. The second-order valence-corrected chi connectivity index (χ2v) is 4.24. The van der Waals surface area contributed by atoms with Gasteiger partial charge in [0.15, 0.2) is 0 Å². The lowest BCUT2D eigenvalue weighted by Crippen LogP contribution is -2.14. The van der Waals surface area contributed by atoms with Gasteiger partial charge in [-0.05, 0) is 23.8 Å². The second-order valence-electron chi connectivity index (χ2n) is 3.15. The van der Waals surface area contributed by atoms with E-state index in [0.717, 1.165) is 5.56 Å². The summed E-state index contributed by atoms with van der Waals surface area (Å²) >= 11 is 1.29. The molecule has 0 heterocycles. The van der Waals surface area contributed by atoms with Gasteiger partial charge in [0.1, 0.15) is 5.82 Å². The zero-order chi connectivity index (χ0) is 11.3. The molecule has 0 fully saturated rings. The number of hydrogen-bond donors (Lipinski definition) is 3. The van der Waals surface area contributed by atoms with Crippen LogP contribution in [-0.4, -0.2) is 28.7 Å². The van der Waals surface area contributed by atoms with E-state index in [4.69, 9.17) is 15.9 Å². The van der Waals surface area contributed by atoms with Crippen molar-refractivity contribution in [1.29, 1.82) is 0 Å². The molecule has 1 unspecified atom stereocenters. The summed E-state index contributed by atoms with van der Waals surface area (Å²) in [5, 5.41) is 17.7. The van der Waals surface area contributed by atoms with Crippen LogP contribution in [0.5, 0.6) is 0 Å². The molecule has 0 spiro atoms. The molecule has 0 radical (unpaired) electrons. The minimum absolute atomic E-state index is 0.286. The van der Waals surface area contributed by atoms with Gasteiger partial charge in [0.2, 0.25) is 0 Å². The van der Waals surface area contributed by atoms with Gasteiger partial charge in [-0.1, -0.05) is 0 Å². The molecule has 0 aliphatic carbocycles. The molecule has 0 saturated carbocycles. The molecule has 1 aromatic rings. The number of aliphatic hydroxyl groups is 2. The first-order chi connectivity index (χ1) is 7.15. The van der Waals surface area contributed by atoms with Crippen LogP contribution >= 0.6 is 11.8 Å². The van der Waals surface area contributed by atoms with Gasteiger partial charge in [-0.15, -0.1) is 11.8 Å². The van der Waals surface area contributed by atoms with Crippen LogP contribution in [0.3, 0.4) is 0 Å². The van der Waals surface area contributed by atoms with Gasteiger partial charge in [-0.25, -0.2) is 4.39 Å². The van der Waals surface area contributed by atoms with Gasteiger partial charge in [0.25, 0.3) is 0 Å². The van der Waals surface area contributed by atoms with Gasteiger partial charge in [0, 0.05) is 17.2 Å². The van der Waals surface area contributed by atoms with Crippen LogP contribution in [0.2, 0.25) is 0 Å². The van der Waals surface area contributed by atoms with E-state index >= 15 is 0 Å². The highest BCUT2D eigenvalue weighted by Gasteiger charge is 2.05. The zero-order valence-electron chi connectivity index (χ0n) is 8.19. The number of rotatable bonds is 5. The highest BCUT2D eigenvalue weighted by Crippen LogP contribution is 2.21. The summed E-state index contributed by atoms with van der Waals surface area (Å²) in [5.41, 5.74) is 6.12. The standard InChI is InChI=1S/C10H14FNO2S/c11-8-1-7(4-12)2-10(3-8)15-6-9(14)5-13/h1-3,9,13-14H,4-6,12H2. The number of halogens is 1. The predicted octanol–water partition coefficient (Wildman–Crippen LogP) is 0.730. The van der Waals surface area contributed by atoms with Crippen LogP contribution in [0.1, 0.15) is 5.56 Å². The monoisotopic (exact) mass is 231 g/mol. The molecule has 1 aromatic carbocycles. The molecule has 3 nitrogen and oxygen atoms in total. The average Bonchev–Trinajstić information content (AvgIpc) is 2.25. The highest BCUT2D eigenvalue weighted by atomic mass is 32.2. The zero-order valence-corrected chi connectivity index (χ0v) is 9.01. The Morgan fingerprint density at radius 3 is 2.73 bits per heavy atom. The average molecular weight is 231 g/mol. The van der Waals surface area contributed by atoms with E-state index in [9.17, 15) is 4.39 Å². The van der Waals surface area contributed by atoms with Crippen molar-refractivity contribution >= 4 is 11.8 Å². The topological polar surface area (TPSA) is 66.5 Å². The molecular formula is C10H14FNO2S. The smallest absolute Gasteiger partial charge is 0.124 e. The van der Waals surface area contributed by atoms with Gasteiger partial charge in [-0.3, -0.25) is 0 Å². The molecule has 0 amide bonds. The number of thioether (sulfide) groups is 1.